The normalized spacial score (nSPS) is 11.7. The van der Waals surface area contributed by atoms with Crippen molar-refractivity contribution in [3.8, 4) is 73.5 Å². The fraction of sp³-hybridized carbons (Fsp3) is 0. The zero-order chi connectivity index (χ0) is 49.4. The number of benzene rings is 11. The van der Waals surface area contributed by atoms with Crippen molar-refractivity contribution in [2.45, 2.75) is 0 Å². The van der Waals surface area contributed by atoms with Crippen LogP contribution in [-0.4, -0.2) is 28.7 Å². The average molecular weight is 957 g/mol. The second-order valence-corrected chi connectivity index (χ2v) is 19.1. The van der Waals surface area contributed by atoms with Gasteiger partial charge in [-0.15, -0.1) is 0 Å². The maximum absolute atomic E-state index is 5.32. The van der Waals surface area contributed by atoms with Gasteiger partial charge >= 0.3 is 0 Å². The molecular weight excluding hydrogens is 913 g/mol. The minimum atomic E-state index is 0.588. The van der Waals surface area contributed by atoms with E-state index in [4.69, 9.17) is 15.0 Å². The summed E-state index contributed by atoms with van der Waals surface area (Å²) in [6.45, 7) is 0. The van der Waals surface area contributed by atoms with Crippen LogP contribution in [0.3, 0.4) is 0 Å². The van der Waals surface area contributed by atoms with Gasteiger partial charge in [-0.05, 0) is 89.0 Å². The third-order valence-corrected chi connectivity index (χ3v) is 14.9. The molecule has 0 saturated carbocycles. The van der Waals surface area contributed by atoms with Gasteiger partial charge in [0.1, 0.15) is 0 Å². The molecule has 0 aliphatic carbocycles. The van der Waals surface area contributed by atoms with Gasteiger partial charge in [0.25, 0.3) is 0 Å². The molecule has 0 aliphatic rings. The van der Waals surface area contributed by atoms with Crippen molar-refractivity contribution < 1.29 is 0 Å². The van der Waals surface area contributed by atoms with Gasteiger partial charge in [0, 0.05) is 49.0 Å². The van der Waals surface area contributed by atoms with Crippen LogP contribution in [0.15, 0.2) is 267 Å². The Balaban J connectivity index is 1.06. The molecule has 0 atom stereocenters. The summed E-state index contributed by atoms with van der Waals surface area (Å²) in [5.41, 5.74) is 17.2. The van der Waals surface area contributed by atoms with Gasteiger partial charge in [-0.1, -0.05) is 200 Å². The number of para-hydroxylation sites is 4. The highest BCUT2D eigenvalue weighted by Crippen LogP contribution is 2.45. The molecular formula is C69H44N6. The fourth-order valence-corrected chi connectivity index (χ4v) is 11.6. The molecule has 0 saturated heterocycles. The summed E-state index contributed by atoms with van der Waals surface area (Å²) in [4.78, 5) is 15.7. The van der Waals surface area contributed by atoms with Crippen molar-refractivity contribution in [1.29, 1.82) is 0 Å². The maximum atomic E-state index is 5.32. The zero-order valence-electron chi connectivity index (χ0n) is 40.6. The molecule has 4 aromatic heterocycles. The first-order chi connectivity index (χ1) is 37.2. The predicted molar refractivity (Wildman–Crippen MR) is 310 cm³/mol. The van der Waals surface area contributed by atoms with Crippen LogP contribution in [0.5, 0.6) is 0 Å². The van der Waals surface area contributed by atoms with Gasteiger partial charge < -0.3 is 13.7 Å². The second kappa shape index (κ2) is 17.3. The van der Waals surface area contributed by atoms with E-state index < -0.39 is 0 Å². The highest BCUT2D eigenvalue weighted by Gasteiger charge is 2.26. The first kappa shape index (κ1) is 42.5. The summed E-state index contributed by atoms with van der Waals surface area (Å²) in [6, 6.07) is 95.4. The SMILES string of the molecule is c1ccc(-c2ccc3c(c2)c2cc(-c4ccccc4)ccc2n3-c2cccc3c2c2cccc(-n4c5ccccc5c5ccccc54)c2n3-c2ccccc2-c2nc(-c3ccccc3)nc(-c3ccccc3)n2)cc1. The fourth-order valence-electron chi connectivity index (χ4n) is 11.6. The Hall–Kier alpha value is -10.2. The maximum Gasteiger partial charge on any atom is 0.166 e. The quantitative estimate of drug-likeness (QED) is 0.152. The lowest BCUT2D eigenvalue weighted by atomic mass is 10.0. The van der Waals surface area contributed by atoms with Crippen LogP contribution >= 0.6 is 0 Å². The lowest BCUT2D eigenvalue weighted by Gasteiger charge is -2.17. The van der Waals surface area contributed by atoms with E-state index in [0.29, 0.717) is 17.5 Å². The standard InChI is InChI=1S/C69H44N6/c1-5-21-45(22-6-1)49-39-41-60-55(43-49)56-44-50(46-23-7-2-8-24-46)40-42-61(56)73(60)62-36-20-37-63-65(62)54-32-19-38-64(74-57-33-16-13-29-51(57)52-30-14-17-34-58(52)74)66(54)75(63)59-35-18-15-31-53(59)69-71-67(47-25-9-3-10-26-47)70-68(72-69)48-27-11-4-12-28-48/h1-44H. The van der Waals surface area contributed by atoms with Gasteiger partial charge in [0.2, 0.25) is 0 Å². The summed E-state index contributed by atoms with van der Waals surface area (Å²) >= 11 is 0. The number of fused-ring (bicyclic) bond motifs is 9. The van der Waals surface area contributed by atoms with Gasteiger partial charge in [-0.2, -0.15) is 0 Å². The van der Waals surface area contributed by atoms with Crippen LogP contribution in [0.1, 0.15) is 0 Å². The lowest BCUT2D eigenvalue weighted by Crippen LogP contribution is -2.05. The number of hydrogen-bond acceptors (Lipinski definition) is 3. The molecule has 0 bridgehead atoms. The molecule has 0 amide bonds. The van der Waals surface area contributed by atoms with Crippen molar-refractivity contribution >= 4 is 65.4 Å². The van der Waals surface area contributed by atoms with Gasteiger partial charge in [0.05, 0.1) is 50.2 Å². The van der Waals surface area contributed by atoms with E-state index in [-0.39, 0.29) is 0 Å². The Morgan fingerprint density at radius 3 is 1.20 bits per heavy atom. The average Bonchev–Trinajstić information content (AvgIpc) is 4.17. The zero-order valence-corrected chi connectivity index (χ0v) is 40.6. The highest BCUT2D eigenvalue weighted by molar-refractivity contribution is 6.20. The number of nitrogens with zero attached hydrogens (tertiary/aromatic N) is 6. The third kappa shape index (κ3) is 6.84. The van der Waals surface area contributed by atoms with E-state index in [1.165, 1.54) is 43.8 Å². The van der Waals surface area contributed by atoms with E-state index in [1.807, 2.05) is 36.4 Å². The van der Waals surface area contributed by atoms with E-state index >= 15 is 0 Å². The van der Waals surface area contributed by atoms with Gasteiger partial charge in [-0.25, -0.2) is 15.0 Å². The second-order valence-electron chi connectivity index (χ2n) is 19.1. The van der Waals surface area contributed by atoms with Crippen LogP contribution < -0.4 is 0 Å². The molecule has 0 unspecified atom stereocenters. The van der Waals surface area contributed by atoms with Crippen molar-refractivity contribution in [1.82, 2.24) is 28.7 Å². The lowest BCUT2D eigenvalue weighted by molar-refractivity contribution is 1.06. The molecule has 0 radical (unpaired) electrons. The molecule has 0 spiro atoms. The smallest absolute Gasteiger partial charge is 0.166 e. The summed E-state index contributed by atoms with van der Waals surface area (Å²) in [6.07, 6.45) is 0. The Bertz CT molecular complexity index is 4480. The Kier molecular flexibility index (Phi) is 9.78. The first-order valence-corrected chi connectivity index (χ1v) is 25.4. The van der Waals surface area contributed by atoms with Crippen LogP contribution in [-0.2, 0) is 0 Å². The van der Waals surface area contributed by atoms with Crippen molar-refractivity contribution in [3.05, 3.63) is 267 Å². The molecule has 4 heterocycles. The number of hydrogen-bond donors (Lipinski definition) is 0. The third-order valence-electron chi connectivity index (χ3n) is 14.9. The van der Waals surface area contributed by atoms with E-state index in [1.54, 1.807) is 0 Å². The first-order valence-electron chi connectivity index (χ1n) is 25.4. The highest BCUT2D eigenvalue weighted by atomic mass is 15.1. The van der Waals surface area contributed by atoms with Crippen molar-refractivity contribution in [2.24, 2.45) is 0 Å². The molecule has 0 aliphatic heterocycles. The van der Waals surface area contributed by atoms with Gasteiger partial charge in [-0.3, -0.25) is 0 Å². The molecule has 6 heteroatoms. The monoisotopic (exact) mass is 956 g/mol. The molecule has 15 rings (SSSR count). The van der Waals surface area contributed by atoms with Crippen LogP contribution in [0.4, 0.5) is 0 Å². The number of aromatic nitrogens is 6. The molecule has 350 valence electrons. The molecule has 15 aromatic rings. The molecule has 0 N–H and O–H groups in total. The van der Waals surface area contributed by atoms with Crippen LogP contribution in [0, 0.1) is 0 Å². The Morgan fingerprint density at radius 1 is 0.227 bits per heavy atom. The summed E-state index contributed by atoms with van der Waals surface area (Å²) in [7, 11) is 0. The molecule has 75 heavy (non-hydrogen) atoms. The Morgan fingerprint density at radius 2 is 0.627 bits per heavy atom. The minimum Gasteiger partial charge on any atom is -0.309 e. The van der Waals surface area contributed by atoms with Crippen molar-refractivity contribution in [3.63, 3.8) is 0 Å². The van der Waals surface area contributed by atoms with Gasteiger partial charge in [0.15, 0.2) is 17.5 Å². The predicted octanol–water partition coefficient (Wildman–Crippen LogP) is 17.5. The molecule has 6 nitrogen and oxygen atoms in total. The topological polar surface area (TPSA) is 53.5 Å². The summed E-state index contributed by atoms with van der Waals surface area (Å²) < 4.78 is 7.40. The van der Waals surface area contributed by atoms with Crippen molar-refractivity contribution in [2.75, 3.05) is 0 Å². The van der Waals surface area contributed by atoms with Crippen LogP contribution in [0.25, 0.3) is 139 Å². The van der Waals surface area contributed by atoms with E-state index in [0.717, 1.165) is 77.6 Å². The largest absolute Gasteiger partial charge is 0.309 e. The van der Waals surface area contributed by atoms with E-state index in [2.05, 4.69) is 244 Å². The Labute approximate surface area is 432 Å². The minimum absolute atomic E-state index is 0.588. The van der Waals surface area contributed by atoms with Crippen LogP contribution in [0.2, 0.25) is 0 Å². The molecule has 0 fully saturated rings. The number of rotatable bonds is 8. The summed E-state index contributed by atoms with van der Waals surface area (Å²) in [5.74, 6) is 1.81. The van der Waals surface area contributed by atoms with E-state index in [9.17, 15) is 0 Å². The summed E-state index contributed by atoms with van der Waals surface area (Å²) in [5, 5.41) is 7.05. The molecule has 11 aromatic carbocycles.